The number of rotatable bonds is 5. The minimum atomic E-state index is 0.762. The largest absolute Gasteiger partial charge is 0.351 e. The quantitative estimate of drug-likeness (QED) is 0.808. The summed E-state index contributed by atoms with van der Waals surface area (Å²) < 4.78 is 2.05. The van der Waals surface area contributed by atoms with E-state index in [2.05, 4.69) is 21.9 Å². The van der Waals surface area contributed by atoms with Gasteiger partial charge < -0.3 is 9.88 Å². The van der Waals surface area contributed by atoms with Crippen LogP contribution in [0.1, 0.15) is 10.6 Å². The minimum Gasteiger partial charge on any atom is -0.351 e. The molecule has 0 unspecified atom stereocenters. The molecule has 0 atom stereocenters. The first-order valence-electron chi connectivity index (χ1n) is 5.05. The van der Waals surface area contributed by atoms with Crippen molar-refractivity contribution in [2.24, 2.45) is 0 Å². The smallest absolute Gasteiger partial charge is 0.203 e. The van der Waals surface area contributed by atoms with Crippen LogP contribution in [0.3, 0.4) is 0 Å². The number of aromatic nitrogens is 3. The molecular formula is C11H14N4S. The summed E-state index contributed by atoms with van der Waals surface area (Å²) in [7, 11) is 0. The van der Waals surface area contributed by atoms with E-state index in [9.17, 15) is 0 Å². The molecule has 4 nitrogen and oxygen atoms in total. The Kier molecular flexibility index (Phi) is 3.36. The van der Waals surface area contributed by atoms with Gasteiger partial charge in [-0.1, -0.05) is 6.08 Å². The third-order valence-electron chi connectivity index (χ3n) is 2.13. The molecule has 2 aromatic rings. The normalized spacial score (nSPS) is 10.3. The van der Waals surface area contributed by atoms with Crippen LogP contribution in [0.5, 0.6) is 0 Å². The minimum absolute atomic E-state index is 0.762. The number of nitrogens with one attached hydrogen (secondary N) is 1. The number of hydrogen-bond acceptors (Lipinski definition) is 4. The number of hydrogen-bond donors (Lipinski definition) is 1. The Morgan fingerprint density at radius 3 is 3.19 bits per heavy atom. The Balaban J connectivity index is 2.05. The third-order valence-corrected chi connectivity index (χ3v) is 2.91. The van der Waals surface area contributed by atoms with Gasteiger partial charge in [-0.2, -0.15) is 0 Å². The maximum atomic E-state index is 4.42. The maximum Gasteiger partial charge on any atom is 0.203 e. The molecule has 2 rings (SSSR count). The monoisotopic (exact) mass is 234 g/mol. The van der Waals surface area contributed by atoms with Crippen LogP contribution in [0.4, 0.5) is 5.95 Å². The average Bonchev–Trinajstić information content (AvgIpc) is 2.86. The van der Waals surface area contributed by atoms with E-state index < -0.39 is 0 Å². The first-order valence-corrected chi connectivity index (χ1v) is 5.93. The van der Waals surface area contributed by atoms with Crippen LogP contribution >= 0.6 is 11.3 Å². The molecule has 0 aliphatic rings. The van der Waals surface area contributed by atoms with E-state index in [1.807, 2.05) is 35.5 Å². The van der Waals surface area contributed by atoms with Crippen LogP contribution in [-0.2, 0) is 13.1 Å². The number of nitrogens with zero attached hydrogens (tertiary/aromatic N) is 3. The molecule has 0 aliphatic carbocycles. The van der Waals surface area contributed by atoms with E-state index >= 15 is 0 Å². The average molecular weight is 234 g/mol. The predicted molar refractivity (Wildman–Crippen MR) is 66.6 cm³/mol. The summed E-state index contributed by atoms with van der Waals surface area (Å²) >= 11 is 1.64. The Bertz CT molecular complexity index is 458. The lowest BCUT2D eigenvalue weighted by Crippen LogP contribution is -2.05. The molecule has 0 aromatic carbocycles. The zero-order valence-electron chi connectivity index (χ0n) is 9.18. The highest BCUT2D eigenvalue weighted by atomic mass is 32.1. The van der Waals surface area contributed by atoms with E-state index in [1.165, 1.54) is 4.88 Å². The Labute approximate surface area is 98.7 Å². The van der Waals surface area contributed by atoms with Crippen molar-refractivity contribution < 1.29 is 0 Å². The number of imidazole rings is 1. The first-order chi connectivity index (χ1) is 7.79. The highest BCUT2D eigenvalue weighted by Gasteiger charge is 2.04. The second-order valence-electron chi connectivity index (χ2n) is 3.47. The van der Waals surface area contributed by atoms with E-state index in [1.54, 1.807) is 11.3 Å². The fourth-order valence-electron chi connectivity index (χ4n) is 1.46. The molecule has 0 bridgehead atoms. The SMILES string of the molecule is C=CCn1cc(C)nc1NCc1cncs1. The standard InChI is InChI=1S/C11H14N4S/c1-3-4-15-7-9(2)14-11(15)13-6-10-5-12-8-16-10/h3,5,7-8H,1,4,6H2,2H3,(H,13,14). The van der Waals surface area contributed by atoms with Crippen molar-refractivity contribution in [1.82, 2.24) is 14.5 Å². The van der Waals surface area contributed by atoms with Gasteiger partial charge in [0.05, 0.1) is 17.7 Å². The number of anilines is 1. The van der Waals surface area contributed by atoms with Crippen molar-refractivity contribution in [3.05, 3.63) is 41.1 Å². The molecule has 0 saturated carbocycles. The zero-order valence-corrected chi connectivity index (χ0v) is 10.00. The number of allylic oxidation sites excluding steroid dienone is 1. The summed E-state index contributed by atoms with van der Waals surface area (Å²) in [5.41, 5.74) is 2.84. The molecule has 0 saturated heterocycles. The van der Waals surface area contributed by atoms with Gasteiger partial charge in [-0.3, -0.25) is 4.98 Å². The summed E-state index contributed by atoms with van der Waals surface area (Å²) in [6.45, 7) is 7.25. The Hall–Kier alpha value is -1.62. The fourth-order valence-corrected chi connectivity index (χ4v) is 2.00. The fraction of sp³-hybridized carbons (Fsp3) is 0.273. The number of aryl methyl sites for hydroxylation is 1. The molecule has 0 radical (unpaired) electrons. The van der Waals surface area contributed by atoms with Crippen molar-refractivity contribution in [3.63, 3.8) is 0 Å². The molecule has 16 heavy (non-hydrogen) atoms. The van der Waals surface area contributed by atoms with Crippen molar-refractivity contribution in [2.75, 3.05) is 5.32 Å². The van der Waals surface area contributed by atoms with Crippen LogP contribution in [0.25, 0.3) is 0 Å². The van der Waals surface area contributed by atoms with Crippen molar-refractivity contribution in [2.45, 2.75) is 20.0 Å². The van der Waals surface area contributed by atoms with E-state index in [0.717, 1.165) is 24.7 Å². The molecule has 2 heterocycles. The van der Waals surface area contributed by atoms with Crippen molar-refractivity contribution in [3.8, 4) is 0 Å². The van der Waals surface area contributed by atoms with Gasteiger partial charge in [-0.05, 0) is 6.92 Å². The van der Waals surface area contributed by atoms with E-state index in [-0.39, 0.29) is 0 Å². The van der Waals surface area contributed by atoms with Gasteiger partial charge in [0.15, 0.2) is 0 Å². The molecule has 0 amide bonds. The lowest BCUT2D eigenvalue weighted by atomic mass is 10.5. The second kappa shape index (κ2) is 4.94. The molecule has 1 N–H and O–H groups in total. The van der Waals surface area contributed by atoms with Crippen LogP contribution in [-0.4, -0.2) is 14.5 Å². The van der Waals surface area contributed by atoms with Crippen molar-refractivity contribution >= 4 is 17.3 Å². The second-order valence-corrected chi connectivity index (χ2v) is 4.44. The zero-order chi connectivity index (χ0) is 11.4. The van der Waals surface area contributed by atoms with Gasteiger partial charge in [-0.15, -0.1) is 17.9 Å². The molecule has 0 aliphatic heterocycles. The van der Waals surface area contributed by atoms with Gasteiger partial charge in [0, 0.05) is 23.8 Å². The molecule has 84 valence electrons. The van der Waals surface area contributed by atoms with Crippen LogP contribution < -0.4 is 5.32 Å². The lowest BCUT2D eigenvalue weighted by molar-refractivity contribution is 0.820. The van der Waals surface area contributed by atoms with Crippen molar-refractivity contribution in [1.29, 1.82) is 0 Å². The Morgan fingerprint density at radius 1 is 1.62 bits per heavy atom. The van der Waals surface area contributed by atoms with Gasteiger partial charge in [0.1, 0.15) is 0 Å². The van der Waals surface area contributed by atoms with Crippen LogP contribution in [0, 0.1) is 6.92 Å². The summed E-state index contributed by atoms with van der Waals surface area (Å²) in [5.74, 6) is 0.880. The predicted octanol–water partition coefficient (Wildman–Crippen LogP) is 2.45. The third kappa shape index (κ3) is 2.49. The maximum absolute atomic E-state index is 4.42. The van der Waals surface area contributed by atoms with Gasteiger partial charge >= 0.3 is 0 Å². The summed E-state index contributed by atoms with van der Waals surface area (Å²) in [6.07, 6.45) is 5.74. The first kappa shape index (κ1) is 10.9. The molecule has 0 fully saturated rings. The van der Waals surface area contributed by atoms with E-state index in [4.69, 9.17) is 0 Å². The summed E-state index contributed by atoms with van der Waals surface area (Å²) in [4.78, 5) is 9.65. The topological polar surface area (TPSA) is 42.7 Å². The highest BCUT2D eigenvalue weighted by molar-refractivity contribution is 7.09. The van der Waals surface area contributed by atoms with Crippen LogP contribution in [0.15, 0.2) is 30.6 Å². The van der Waals surface area contributed by atoms with Gasteiger partial charge in [0.2, 0.25) is 5.95 Å². The number of thiazole rings is 1. The lowest BCUT2D eigenvalue weighted by Gasteiger charge is -2.06. The van der Waals surface area contributed by atoms with Crippen LogP contribution in [0.2, 0.25) is 0 Å². The summed E-state index contributed by atoms with van der Waals surface area (Å²) in [6, 6.07) is 0. The van der Waals surface area contributed by atoms with E-state index in [0.29, 0.717) is 0 Å². The highest BCUT2D eigenvalue weighted by Crippen LogP contribution is 2.12. The molecule has 5 heteroatoms. The summed E-state index contributed by atoms with van der Waals surface area (Å²) in [5, 5.41) is 3.30. The Morgan fingerprint density at radius 2 is 2.50 bits per heavy atom. The molecular weight excluding hydrogens is 220 g/mol. The molecule has 2 aromatic heterocycles. The van der Waals surface area contributed by atoms with Gasteiger partial charge in [0.25, 0.3) is 0 Å². The van der Waals surface area contributed by atoms with Gasteiger partial charge in [-0.25, -0.2) is 4.98 Å². The molecule has 0 spiro atoms.